The average Bonchev–Trinajstić information content (AvgIpc) is 3.22. The number of hydrogen-bond acceptors (Lipinski definition) is 10. The molecule has 1 atom stereocenters. The van der Waals surface area contributed by atoms with E-state index in [4.69, 9.17) is 19.3 Å². The van der Waals surface area contributed by atoms with Crippen LogP contribution in [-0.4, -0.2) is 111 Å². The van der Waals surface area contributed by atoms with E-state index in [2.05, 4.69) is 16.0 Å². The molecule has 0 aromatic rings. The van der Waals surface area contributed by atoms with Gasteiger partial charge in [-0.2, -0.15) is 0 Å². The molecule has 0 saturated carbocycles. The van der Waals surface area contributed by atoms with Crippen molar-refractivity contribution in [1.82, 2.24) is 20.9 Å². The van der Waals surface area contributed by atoms with Crippen molar-refractivity contribution in [2.24, 2.45) is 0 Å². The van der Waals surface area contributed by atoms with Crippen molar-refractivity contribution in [3.63, 3.8) is 0 Å². The minimum atomic E-state index is -1.05. The highest BCUT2D eigenvalue weighted by atomic mass is 16.5. The lowest BCUT2D eigenvalue weighted by atomic mass is 10.1. The fourth-order valence-electron chi connectivity index (χ4n) is 3.24. The Hall–Kier alpha value is -3.85. The second-order valence-electron chi connectivity index (χ2n) is 8.31. The van der Waals surface area contributed by atoms with Crippen LogP contribution in [0.15, 0.2) is 12.2 Å². The van der Waals surface area contributed by atoms with Gasteiger partial charge in [0, 0.05) is 44.6 Å². The third-order valence-corrected chi connectivity index (χ3v) is 5.27. The third-order valence-electron chi connectivity index (χ3n) is 5.27. The molecule has 218 valence electrons. The standard InChI is InChI=1S/C24H36N4O11/c1-37-24(36)17(4-2-3-10-25-18(29)5-8-23(34)35)27-20(31)16-39-15-14-38-13-11-26-19(30)9-12-28-21(32)6-7-22(28)33/h6-7,17H,2-5,8-16H2,1H3,(H,25,29)(H,26,30)(H,27,31)(H,34,35). The highest BCUT2D eigenvalue weighted by Crippen LogP contribution is 2.04. The molecule has 0 fully saturated rings. The van der Waals surface area contributed by atoms with Gasteiger partial charge in [-0.05, 0) is 19.3 Å². The molecule has 15 heteroatoms. The number of nitrogens with zero attached hydrogens (tertiary/aromatic N) is 1. The van der Waals surface area contributed by atoms with Crippen LogP contribution in [-0.2, 0) is 47.8 Å². The van der Waals surface area contributed by atoms with Crippen LogP contribution in [0.3, 0.4) is 0 Å². The summed E-state index contributed by atoms with van der Waals surface area (Å²) in [5.74, 6) is -3.79. The molecule has 0 aliphatic carbocycles. The second-order valence-corrected chi connectivity index (χ2v) is 8.31. The molecule has 39 heavy (non-hydrogen) atoms. The van der Waals surface area contributed by atoms with E-state index >= 15 is 0 Å². The first kappa shape index (κ1) is 33.2. The van der Waals surface area contributed by atoms with Crippen molar-refractivity contribution in [1.29, 1.82) is 0 Å². The molecule has 1 unspecified atom stereocenters. The van der Waals surface area contributed by atoms with Crippen LogP contribution >= 0.6 is 0 Å². The Kier molecular flexibility index (Phi) is 16.4. The molecule has 0 aromatic carbocycles. The van der Waals surface area contributed by atoms with Crippen LogP contribution in [0.5, 0.6) is 0 Å². The Morgan fingerprint density at radius 3 is 2.15 bits per heavy atom. The van der Waals surface area contributed by atoms with Gasteiger partial charge in [0.15, 0.2) is 0 Å². The van der Waals surface area contributed by atoms with Crippen molar-refractivity contribution in [2.75, 3.05) is 53.2 Å². The number of methoxy groups -OCH3 is 1. The van der Waals surface area contributed by atoms with Crippen LogP contribution < -0.4 is 16.0 Å². The minimum absolute atomic E-state index is 0.00149. The van der Waals surface area contributed by atoms with Crippen LogP contribution in [0.2, 0.25) is 0 Å². The number of carbonyl (C=O) groups excluding carboxylic acids is 6. The van der Waals surface area contributed by atoms with Crippen LogP contribution in [0.1, 0.15) is 38.5 Å². The maximum atomic E-state index is 12.1. The number of carbonyl (C=O) groups is 7. The van der Waals surface area contributed by atoms with Gasteiger partial charge in [-0.25, -0.2) is 4.79 Å². The SMILES string of the molecule is COC(=O)C(CCCCNC(=O)CCC(=O)O)NC(=O)COCCOCCNC(=O)CCN1C(=O)C=CC1=O. The molecule has 1 heterocycles. The van der Waals surface area contributed by atoms with Crippen molar-refractivity contribution in [3.05, 3.63) is 12.2 Å². The lowest BCUT2D eigenvalue weighted by Gasteiger charge is -2.16. The molecule has 15 nitrogen and oxygen atoms in total. The quantitative estimate of drug-likeness (QED) is 0.0709. The number of ether oxygens (including phenoxy) is 3. The normalized spacial score (nSPS) is 13.2. The van der Waals surface area contributed by atoms with Crippen molar-refractivity contribution in [2.45, 2.75) is 44.6 Å². The number of rotatable bonds is 21. The number of hydrogen-bond donors (Lipinski definition) is 4. The maximum Gasteiger partial charge on any atom is 0.328 e. The summed E-state index contributed by atoms with van der Waals surface area (Å²) in [5.41, 5.74) is 0. The highest BCUT2D eigenvalue weighted by Gasteiger charge is 2.23. The molecular weight excluding hydrogens is 520 g/mol. The Morgan fingerprint density at radius 1 is 0.846 bits per heavy atom. The summed E-state index contributed by atoms with van der Waals surface area (Å²) >= 11 is 0. The molecule has 0 aromatic heterocycles. The van der Waals surface area contributed by atoms with E-state index in [0.29, 0.717) is 19.4 Å². The van der Waals surface area contributed by atoms with Gasteiger partial charge >= 0.3 is 11.9 Å². The monoisotopic (exact) mass is 556 g/mol. The van der Waals surface area contributed by atoms with Crippen LogP contribution in [0.4, 0.5) is 0 Å². The summed E-state index contributed by atoms with van der Waals surface area (Å²) in [6.45, 7) is 0.656. The zero-order valence-electron chi connectivity index (χ0n) is 21.9. The number of carboxylic acids is 1. The van der Waals surface area contributed by atoms with Crippen molar-refractivity contribution < 1.29 is 52.9 Å². The molecule has 0 saturated heterocycles. The van der Waals surface area contributed by atoms with Gasteiger partial charge in [-0.15, -0.1) is 0 Å². The average molecular weight is 557 g/mol. The van der Waals surface area contributed by atoms with Gasteiger partial charge in [0.25, 0.3) is 11.8 Å². The van der Waals surface area contributed by atoms with E-state index in [9.17, 15) is 33.6 Å². The topological polar surface area (TPSA) is 207 Å². The largest absolute Gasteiger partial charge is 0.481 e. The second kappa shape index (κ2) is 19.3. The number of nitrogens with one attached hydrogen (secondary N) is 3. The summed E-state index contributed by atoms with van der Waals surface area (Å²) in [7, 11) is 1.20. The van der Waals surface area contributed by atoms with E-state index in [-0.39, 0.29) is 77.0 Å². The number of carboxylic acid groups (broad SMARTS) is 1. The summed E-state index contributed by atoms with van der Waals surface area (Å²) in [5, 5.41) is 16.3. The highest BCUT2D eigenvalue weighted by molar-refractivity contribution is 6.13. The number of unbranched alkanes of at least 4 members (excludes halogenated alkanes) is 1. The molecule has 0 spiro atoms. The lowest BCUT2D eigenvalue weighted by molar-refractivity contribution is -0.146. The fourth-order valence-corrected chi connectivity index (χ4v) is 3.24. The summed E-state index contributed by atoms with van der Waals surface area (Å²) in [4.78, 5) is 81.6. The predicted molar refractivity (Wildman–Crippen MR) is 133 cm³/mol. The van der Waals surface area contributed by atoms with E-state index in [0.717, 1.165) is 17.1 Å². The van der Waals surface area contributed by atoms with Crippen LogP contribution in [0, 0.1) is 0 Å². The van der Waals surface area contributed by atoms with Gasteiger partial charge in [0.2, 0.25) is 17.7 Å². The van der Waals surface area contributed by atoms with Gasteiger partial charge in [-0.1, -0.05) is 0 Å². The Bertz CT molecular complexity index is 889. The maximum absolute atomic E-state index is 12.1. The number of imide groups is 1. The Balaban J connectivity index is 2.09. The minimum Gasteiger partial charge on any atom is -0.481 e. The van der Waals surface area contributed by atoms with E-state index in [1.54, 1.807) is 0 Å². The number of amides is 5. The van der Waals surface area contributed by atoms with Crippen LogP contribution in [0.25, 0.3) is 0 Å². The zero-order valence-corrected chi connectivity index (χ0v) is 21.9. The summed E-state index contributed by atoms with van der Waals surface area (Å²) < 4.78 is 15.2. The van der Waals surface area contributed by atoms with Crippen molar-refractivity contribution >= 4 is 41.5 Å². The summed E-state index contributed by atoms with van der Waals surface area (Å²) in [6.07, 6.45) is 3.22. The Labute approximate surface area is 225 Å². The Morgan fingerprint density at radius 2 is 1.49 bits per heavy atom. The molecule has 5 amide bonds. The molecule has 4 N–H and O–H groups in total. The number of esters is 1. The fraction of sp³-hybridized carbons (Fsp3) is 0.625. The van der Waals surface area contributed by atoms with Gasteiger partial charge < -0.3 is 35.3 Å². The first-order chi connectivity index (χ1) is 18.6. The molecule has 1 aliphatic rings. The van der Waals surface area contributed by atoms with Gasteiger partial charge in [-0.3, -0.25) is 33.7 Å². The molecule has 1 rings (SSSR count). The smallest absolute Gasteiger partial charge is 0.328 e. The van der Waals surface area contributed by atoms with E-state index in [1.807, 2.05) is 0 Å². The third kappa shape index (κ3) is 15.2. The van der Waals surface area contributed by atoms with Gasteiger partial charge in [0.05, 0.1) is 33.4 Å². The van der Waals surface area contributed by atoms with E-state index in [1.165, 1.54) is 7.11 Å². The molecule has 0 radical (unpaired) electrons. The molecular formula is C24H36N4O11. The number of aliphatic carboxylic acids is 1. The van der Waals surface area contributed by atoms with Gasteiger partial charge in [0.1, 0.15) is 12.6 Å². The van der Waals surface area contributed by atoms with E-state index < -0.39 is 35.7 Å². The zero-order chi connectivity index (χ0) is 29.0. The molecule has 1 aliphatic heterocycles. The van der Waals surface area contributed by atoms with Crippen molar-refractivity contribution in [3.8, 4) is 0 Å². The predicted octanol–water partition coefficient (Wildman–Crippen LogP) is -1.74. The first-order valence-electron chi connectivity index (χ1n) is 12.5. The molecule has 0 bridgehead atoms. The first-order valence-corrected chi connectivity index (χ1v) is 12.5. The lowest BCUT2D eigenvalue weighted by Crippen LogP contribution is -2.43. The summed E-state index contributed by atoms with van der Waals surface area (Å²) in [6, 6.07) is -0.883.